The molecule has 2 fully saturated rings. The molecule has 4 atom stereocenters. The van der Waals surface area contributed by atoms with Gasteiger partial charge in [0.2, 0.25) is 5.95 Å². The molecule has 0 bridgehead atoms. The van der Waals surface area contributed by atoms with E-state index in [0.29, 0.717) is 17.4 Å². The van der Waals surface area contributed by atoms with Crippen molar-refractivity contribution in [2.75, 3.05) is 12.3 Å². The molecule has 0 amide bonds. The van der Waals surface area contributed by atoms with E-state index in [1.165, 1.54) is 0 Å². The van der Waals surface area contributed by atoms with Gasteiger partial charge in [-0.05, 0) is 44.5 Å². The molecule has 2 aromatic rings. The lowest BCUT2D eigenvalue weighted by Crippen LogP contribution is -2.44. The first-order valence-corrected chi connectivity index (χ1v) is 13.9. The van der Waals surface area contributed by atoms with Gasteiger partial charge in [0.05, 0.1) is 12.0 Å². The Morgan fingerprint density at radius 1 is 1.23 bits per heavy atom. The first-order chi connectivity index (χ1) is 14.2. The normalized spacial score (nSPS) is 28.4. The zero-order valence-electron chi connectivity index (χ0n) is 19.5. The Kier molecular flexibility index (Phi) is 5.47. The van der Waals surface area contributed by atoms with E-state index in [1.54, 1.807) is 0 Å². The van der Waals surface area contributed by atoms with E-state index in [2.05, 4.69) is 43.8 Å². The van der Waals surface area contributed by atoms with Crippen LogP contribution in [0.15, 0.2) is 6.20 Å². The average molecular weight is 469 g/mol. The lowest BCUT2D eigenvalue weighted by Gasteiger charge is -2.37. The lowest BCUT2D eigenvalue weighted by atomic mass is 10.1. The second kappa shape index (κ2) is 7.39. The van der Waals surface area contributed by atoms with Gasteiger partial charge in [0.25, 0.3) is 0 Å². The fourth-order valence-corrected chi connectivity index (χ4v) is 5.35. The minimum atomic E-state index is -1.95. The molecule has 1 unspecified atom stereocenters. The molecular formula is C21H33ClN4O4Si. The van der Waals surface area contributed by atoms with Crippen LogP contribution in [-0.4, -0.2) is 53.6 Å². The number of halogens is 1. The van der Waals surface area contributed by atoms with Crippen LogP contribution in [0.5, 0.6) is 0 Å². The summed E-state index contributed by atoms with van der Waals surface area (Å²) in [7, 11) is -1.95. The average Bonchev–Trinajstić information content (AvgIpc) is 3.20. The van der Waals surface area contributed by atoms with Gasteiger partial charge in [-0.25, -0.2) is 4.98 Å². The third-order valence-electron chi connectivity index (χ3n) is 6.65. The Hall–Kier alpha value is -1.23. The molecule has 0 spiro atoms. The first-order valence-electron chi connectivity index (χ1n) is 10.7. The molecular weight excluding hydrogens is 436 g/mol. The molecule has 172 valence electrons. The van der Waals surface area contributed by atoms with Gasteiger partial charge < -0.3 is 28.9 Å². The van der Waals surface area contributed by atoms with E-state index in [0.717, 1.165) is 10.9 Å². The fraction of sp³-hybridized carbons (Fsp3) is 0.714. The second-order valence-corrected chi connectivity index (χ2v) is 15.7. The zero-order chi connectivity index (χ0) is 22.9. The summed E-state index contributed by atoms with van der Waals surface area (Å²) in [5.74, 6) is -0.593. The Morgan fingerprint density at radius 3 is 2.52 bits per heavy atom. The topological polar surface area (TPSA) is 93.7 Å². The standard InChI is InChI=1S/C21H33ClN4O4Si/c1-11-9-26(17-13(11)16(22)24-19(23)25-17)18-15-14(29-21(5,6)30-15)12(28-18)10-27-31(7,8)20(2,3)4/h9,12,14-15,18H,10H2,1-8H3,(H2,23,24,25)/t12-,14-,15-,18?/m1/s1. The van der Waals surface area contributed by atoms with Crippen LogP contribution in [0.25, 0.3) is 11.0 Å². The molecule has 31 heavy (non-hydrogen) atoms. The van der Waals surface area contributed by atoms with Crippen molar-refractivity contribution >= 4 is 36.9 Å². The zero-order valence-corrected chi connectivity index (χ0v) is 21.3. The Labute approximate surface area is 189 Å². The van der Waals surface area contributed by atoms with E-state index in [-0.39, 0.29) is 29.3 Å². The van der Waals surface area contributed by atoms with Crippen molar-refractivity contribution in [3.63, 3.8) is 0 Å². The van der Waals surface area contributed by atoms with Crippen molar-refractivity contribution in [1.82, 2.24) is 14.5 Å². The van der Waals surface area contributed by atoms with E-state index >= 15 is 0 Å². The maximum Gasteiger partial charge on any atom is 0.223 e. The summed E-state index contributed by atoms with van der Waals surface area (Å²) in [6.45, 7) is 17.4. The van der Waals surface area contributed by atoms with E-state index < -0.39 is 20.3 Å². The molecule has 0 radical (unpaired) electrons. The number of anilines is 1. The number of nitrogens with two attached hydrogens (primary N) is 1. The van der Waals surface area contributed by atoms with Crippen molar-refractivity contribution < 1.29 is 18.6 Å². The summed E-state index contributed by atoms with van der Waals surface area (Å²) in [5, 5.41) is 1.19. The van der Waals surface area contributed by atoms with Gasteiger partial charge in [0.15, 0.2) is 20.3 Å². The molecule has 10 heteroatoms. The van der Waals surface area contributed by atoms with Crippen LogP contribution in [-0.2, 0) is 18.6 Å². The van der Waals surface area contributed by atoms with E-state index in [4.69, 9.17) is 36.0 Å². The lowest BCUT2D eigenvalue weighted by molar-refractivity contribution is -0.199. The molecule has 2 N–H and O–H groups in total. The number of hydrogen-bond acceptors (Lipinski definition) is 7. The number of fused-ring (bicyclic) bond motifs is 2. The molecule has 2 saturated heterocycles. The summed E-state index contributed by atoms with van der Waals surface area (Å²) < 4.78 is 27.4. The summed E-state index contributed by atoms with van der Waals surface area (Å²) in [6, 6.07) is 0. The quantitative estimate of drug-likeness (QED) is 0.524. The first kappa shape index (κ1) is 22.9. The number of ether oxygens (including phenoxy) is 3. The Bertz CT molecular complexity index is 1000. The largest absolute Gasteiger partial charge is 0.414 e. The molecule has 8 nitrogen and oxygen atoms in total. The van der Waals surface area contributed by atoms with Gasteiger partial charge in [0.1, 0.15) is 29.1 Å². The highest BCUT2D eigenvalue weighted by atomic mass is 35.5. The molecule has 2 aromatic heterocycles. The fourth-order valence-electron chi connectivity index (χ4n) is 4.02. The number of aromatic nitrogens is 3. The van der Waals surface area contributed by atoms with Crippen LogP contribution >= 0.6 is 11.6 Å². The Balaban J connectivity index is 1.68. The van der Waals surface area contributed by atoms with Gasteiger partial charge in [-0.15, -0.1) is 0 Å². The molecule has 0 aliphatic carbocycles. The summed E-state index contributed by atoms with van der Waals surface area (Å²) in [5.41, 5.74) is 7.45. The monoisotopic (exact) mass is 468 g/mol. The van der Waals surface area contributed by atoms with Crippen molar-refractivity contribution in [2.24, 2.45) is 0 Å². The summed E-state index contributed by atoms with van der Waals surface area (Å²) in [6.07, 6.45) is 0.683. The minimum Gasteiger partial charge on any atom is -0.414 e. The molecule has 4 heterocycles. The molecule has 4 rings (SSSR count). The van der Waals surface area contributed by atoms with Crippen LogP contribution in [0.3, 0.4) is 0 Å². The summed E-state index contributed by atoms with van der Waals surface area (Å²) >= 11 is 6.36. The van der Waals surface area contributed by atoms with Crippen molar-refractivity contribution in [3.8, 4) is 0 Å². The van der Waals surface area contributed by atoms with Gasteiger partial charge in [-0.1, -0.05) is 32.4 Å². The van der Waals surface area contributed by atoms with Crippen molar-refractivity contribution in [1.29, 1.82) is 0 Å². The number of rotatable bonds is 4. The van der Waals surface area contributed by atoms with Crippen LogP contribution in [0, 0.1) is 6.92 Å². The number of nitrogen functional groups attached to an aromatic ring is 1. The molecule has 2 aliphatic rings. The molecule has 0 saturated carbocycles. The number of aryl methyl sites for hydroxylation is 1. The molecule has 0 aromatic carbocycles. The predicted molar refractivity (Wildman–Crippen MR) is 123 cm³/mol. The van der Waals surface area contributed by atoms with Crippen LogP contribution in [0.2, 0.25) is 23.3 Å². The highest BCUT2D eigenvalue weighted by molar-refractivity contribution is 6.74. The maximum atomic E-state index is 6.48. The summed E-state index contributed by atoms with van der Waals surface area (Å²) in [4.78, 5) is 8.53. The van der Waals surface area contributed by atoms with E-state index in [1.807, 2.05) is 31.5 Å². The van der Waals surface area contributed by atoms with Crippen molar-refractivity contribution in [2.45, 2.75) is 90.0 Å². The highest BCUT2D eigenvalue weighted by Gasteiger charge is 2.56. The van der Waals surface area contributed by atoms with Crippen LogP contribution < -0.4 is 5.73 Å². The smallest absolute Gasteiger partial charge is 0.223 e. The molecule has 2 aliphatic heterocycles. The third kappa shape index (κ3) is 4.00. The Morgan fingerprint density at radius 2 is 1.87 bits per heavy atom. The minimum absolute atomic E-state index is 0.107. The third-order valence-corrected chi connectivity index (χ3v) is 11.4. The second-order valence-electron chi connectivity index (χ2n) is 10.5. The van der Waals surface area contributed by atoms with Gasteiger partial charge in [-0.3, -0.25) is 0 Å². The van der Waals surface area contributed by atoms with Crippen molar-refractivity contribution in [3.05, 3.63) is 16.9 Å². The maximum absolute atomic E-state index is 6.48. The van der Waals surface area contributed by atoms with Gasteiger partial charge in [0, 0.05) is 6.20 Å². The highest BCUT2D eigenvalue weighted by Crippen LogP contribution is 2.45. The van der Waals surface area contributed by atoms with Crippen LogP contribution in [0.4, 0.5) is 5.95 Å². The predicted octanol–water partition coefficient (Wildman–Crippen LogP) is 4.41. The SMILES string of the molecule is Cc1cn(C2O[C@H](CO[Si](C)(C)C(C)(C)C)[C@H]3OC(C)(C)O[C@@H]23)c2nc(N)nc(Cl)c12. The van der Waals surface area contributed by atoms with Gasteiger partial charge in [-0.2, -0.15) is 4.98 Å². The van der Waals surface area contributed by atoms with Gasteiger partial charge >= 0.3 is 0 Å². The number of hydrogen-bond donors (Lipinski definition) is 1. The van der Waals surface area contributed by atoms with Crippen LogP contribution in [0.1, 0.15) is 46.4 Å². The van der Waals surface area contributed by atoms with E-state index in [9.17, 15) is 0 Å². The number of nitrogens with zero attached hydrogens (tertiary/aromatic N) is 3.